The molecule has 0 aliphatic heterocycles. The largest absolute Gasteiger partial charge is 0.466 e. The molecule has 1 aliphatic carbocycles. The molecule has 1 heterocycles. The van der Waals surface area contributed by atoms with Crippen LogP contribution in [-0.4, -0.2) is 13.7 Å². The molecule has 4 nitrogen and oxygen atoms in total. The summed E-state index contributed by atoms with van der Waals surface area (Å²) in [6.45, 7) is 4.06. The number of aryl methyl sites for hydroxylation is 2. The highest BCUT2D eigenvalue weighted by atomic mass is 32.2. The number of furan rings is 1. The Morgan fingerprint density at radius 1 is 1.28 bits per heavy atom. The van der Waals surface area contributed by atoms with Crippen LogP contribution in [0.2, 0.25) is 0 Å². The van der Waals surface area contributed by atoms with Crippen molar-refractivity contribution in [2.75, 3.05) is 0 Å². The SMILES string of the molecule is Cc1cc(CNS(=O)(=O)C2CCCCC2)c(C)o1. The minimum absolute atomic E-state index is 0.209. The van der Waals surface area contributed by atoms with Crippen molar-refractivity contribution in [1.82, 2.24) is 4.72 Å². The molecule has 1 aromatic rings. The van der Waals surface area contributed by atoms with Crippen molar-refractivity contribution in [3.8, 4) is 0 Å². The Kier molecular flexibility index (Phi) is 4.12. The summed E-state index contributed by atoms with van der Waals surface area (Å²) in [5.74, 6) is 1.61. The van der Waals surface area contributed by atoms with E-state index in [1.54, 1.807) is 0 Å². The Bertz CT molecular complexity index is 498. The van der Waals surface area contributed by atoms with Gasteiger partial charge in [0.15, 0.2) is 0 Å². The highest BCUT2D eigenvalue weighted by Gasteiger charge is 2.26. The summed E-state index contributed by atoms with van der Waals surface area (Å²) in [6, 6.07) is 1.89. The van der Waals surface area contributed by atoms with Crippen LogP contribution in [-0.2, 0) is 16.6 Å². The lowest BCUT2D eigenvalue weighted by Crippen LogP contribution is -2.35. The topological polar surface area (TPSA) is 59.3 Å². The predicted molar refractivity (Wildman–Crippen MR) is 70.8 cm³/mol. The molecule has 5 heteroatoms. The Labute approximate surface area is 109 Å². The second-order valence-corrected chi connectivity index (χ2v) is 7.11. The smallest absolute Gasteiger partial charge is 0.214 e. The van der Waals surface area contributed by atoms with Gasteiger partial charge in [0.25, 0.3) is 0 Å². The van der Waals surface area contributed by atoms with Gasteiger partial charge >= 0.3 is 0 Å². The number of hydrogen-bond acceptors (Lipinski definition) is 3. The van der Waals surface area contributed by atoms with Crippen LogP contribution in [0.25, 0.3) is 0 Å². The maximum absolute atomic E-state index is 12.1. The van der Waals surface area contributed by atoms with E-state index in [9.17, 15) is 8.42 Å². The van der Waals surface area contributed by atoms with E-state index in [1.807, 2.05) is 19.9 Å². The Morgan fingerprint density at radius 3 is 2.50 bits per heavy atom. The van der Waals surface area contributed by atoms with E-state index in [1.165, 1.54) is 0 Å². The zero-order valence-electron chi connectivity index (χ0n) is 11.0. The van der Waals surface area contributed by atoms with E-state index >= 15 is 0 Å². The third-order valence-electron chi connectivity index (χ3n) is 3.60. The summed E-state index contributed by atoms with van der Waals surface area (Å²) in [5.41, 5.74) is 0.923. The van der Waals surface area contributed by atoms with Gasteiger partial charge in [-0.2, -0.15) is 0 Å². The minimum Gasteiger partial charge on any atom is -0.466 e. The predicted octanol–water partition coefficient (Wildman–Crippen LogP) is 2.65. The van der Waals surface area contributed by atoms with Crippen molar-refractivity contribution in [3.63, 3.8) is 0 Å². The van der Waals surface area contributed by atoms with Crippen LogP contribution in [0.1, 0.15) is 49.2 Å². The van der Waals surface area contributed by atoms with Crippen molar-refractivity contribution >= 4 is 10.0 Å². The zero-order valence-corrected chi connectivity index (χ0v) is 11.8. The van der Waals surface area contributed by atoms with Crippen molar-refractivity contribution in [2.45, 2.75) is 57.7 Å². The standard InChI is InChI=1S/C13H21NO3S/c1-10-8-12(11(2)17-10)9-14-18(15,16)13-6-4-3-5-7-13/h8,13-14H,3-7,9H2,1-2H3. The molecule has 0 aromatic carbocycles. The fraction of sp³-hybridized carbons (Fsp3) is 0.692. The van der Waals surface area contributed by atoms with E-state index in [4.69, 9.17) is 4.42 Å². The number of hydrogen-bond donors (Lipinski definition) is 1. The molecular weight excluding hydrogens is 250 g/mol. The monoisotopic (exact) mass is 271 g/mol. The van der Waals surface area contributed by atoms with Gasteiger partial charge in [0.1, 0.15) is 11.5 Å². The van der Waals surface area contributed by atoms with Crippen molar-refractivity contribution in [2.24, 2.45) is 0 Å². The van der Waals surface area contributed by atoms with E-state index in [0.717, 1.165) is 49.2 Å². The molecule has 0 amide bonds. The lowest BCUT2D eigenvalue weighted by Gasteiger charge is -2.21. The molecule has 1 aliphatic rings. The normalized spacial score (nSPS) is 18.1. The molecule has 1 fully saturated rings. The zero-order chi connectivity index (χ0) is 13.2. The van der Waals surface area contributed by atoms with Crippen LogP contribution >= 0.6 is 0 Å². The molecule has 0 unspecified atom stereocenters. The first-order chi connectivity index (χ1) is 8.49. The van der Waals surface area contributed by atoms with E-state index in [-0.39, 0.29) is 5.25 Å². The summed E-state index contributed by atoms with van der Waals surface area (Å²) >= 11 is 0. The lowest BCUT2D eigenvalue weighted by molar-refractivity contribution is 0.476. The van der Waals surface area contributed by atoms with Crippen molar-refractivity contribution in [1.29, 1.82) is 0 Å². The van der Waals surface area contributed by atoms with E-state index in [2.05, 4.69) is 4.72 Å². The van der Waals surface area contributed by atoms with Gasteiger partial charge in [-0.15, -0.1) is 0 Å². The van der Waals surface area contributed by atoms with Crippen molar-refractivity contribution < 1.29 is 12.8 Å². The third-order valence-corrected chi connectivity index (χ3v) is 5.49. The molecule has 1 N–H and O–H groups in total. The minimum atomic E-state index is -3.18. The lowest BCUT2D eigenvalue weighted by atomic mass is 10.0. The molecule has 0 bridgehead atoms. The maximum Gasteiger partial charge on any atom is 0.214 e. The molecule has 0 spiro atoms. The molecule has 2 rings (SSSR count). The quantitative estimate of drug-likeness (QED) is 0.915. The first-order valence-corrected chi connectivity index (χ1v) is 8.08. The Balaban J connectivity index is 1.98. The first-order valence-electron chi connectivity index (χ1n) is 6.53. The van der Waals surface area contributed by atoms with E-state index in [0.29, 0.717) is 6.54 Å². The second-order valence-electron chi connectivity index (χ2n) is 5.06. The van der Waals surface area contributed by atoms with Crippen molar-refractivity contribution in [3.05, 3.63) is 23.2 Å². The van der Waals surface area contributed by atoms with Gasteiger partial charge in [-0.1, -0.05) is 19.3 Å². The fourth-order valence-electron chi connectivity index (χ4n) is 2.53. The first kappa shape index (κ1) is 13.6. The van der Waals surface area contributed by atoms with Gasteiger partial charge in [-0.3, -0.25) is 0 Å². The molecular formula is C13H21NO3S. The van der Waals surface area contributed by atoms with Crippen LogP contribution in [0.5, 0.6) is 0 Å². The van der Waals surface area contributed by atoms with Gasteiger partial charge < -0.3 is 4.42 Å². The molecule has 102 valence electrons. The van der Waals surface area contributed by atoms with Gasteiger partial charge in [0.05, 0.1) is 5.25 Å². The Morgan fingerprint density at radius 2 is 1.94 bits per heavy atom. The van der Waals surface area contributed by atoms with Crippen LogP contribution in [0.4, 0.5) is 0 Å². The van der Waals surface area contributed by atoms with Gasteiger partial charge in [-0.25, -0.2) is 13.1 Å². The summed E-state index contributed by atoms with van der Waals surface area (Å²) in [5, 5.41) is -0.209. The summed E-state index contributed by atoms with van der Waals surface area (Å²) < 4.78 is 32.4. The fourth-order valence-corrected chi connectivity index (χ4v) is 4.08. The van der Waals surface area contributed by atoms with Gasteiger partial charge in [0, 0.05) is 12.1 Å². The molecule has 0 atom stereocenters. The summed E-state index contributed by atoms with van der Waals surface area (Å²) in [4.78, 5) is 0. The molecule has 1 saturated carbocycles. The van der Waals surface area contributed by atoms with E-state index < -0.39 is 10.0 Å². The van der Waals surface area contributed by atoms with Crippen LogP contribution < -0.4 is 4.72 Å². The number of nitrogens with one attached hydrogen (secondary N) is 1. The number of sulfonamides is 1. The third kappa shape index (κ3) is 3.14. The van der Waals surface area contributed by atoms with Crippen LogP contribution in [0.3, 0.4) is 0 Å². The average molecular weight is 271 g/mol. The molecule has 18 heavy (non-hydrogen) atoms. The van der Waals surface area contributed by atoms with Crippen LogP contribution in [0.15, 0.2) is 10.5 Å². The maximum atomic E-state index is 12.1. The van der Waals surface area contributed by atoms with Crippen LogP contribution in [0, 0.1) is 13.8 Å². The number of rotatable bonds is 4. The molecule has 1 aromatic heterocycles. The highest BCUT2D eigenvalue weighted by Crippen LogP contribution is 2.23. The second kappa shape index (κ2) is 5.45. The van der Waals surface area contributed by atoms with Gasteiger partial charge in [-0.05, 0) is 32.8 Å². The summed E-state index contributed by atoms with van der Waals surface area (Å²) in [6.07, 6.45) is 4.79. The highest BCUT2D eigenvalue weighted by molar-refractivity contribution is 7.90. The van der Waals surface area contributed by atoms with Gasteiger partial charge in [0.2, 0.25) is 10.0 Å². The summed E-state index contributed by atoms with van der Waals surface area (Å²) in [7, 11) is -3.18. The average Bonchev–Trinajstić information content (AvgIpc) is 2.67. The Hall–Kier alpha value is -0.810. The molecule has 0 saturated heterocycles. The molecule has 0 radical (unpaired) electrons.